The summed E-state index contributed by atoms with van der Waals surface area (Å²) in [4.78, 5) is -2.99. The Hall–Kier alpha value is -5.23. The van der Waals surface area contributed by atoms with Gasteiger partial charge in [0.15, 0.2) is 0 Å². The van der Waals surface area contributed by atoms with Gasteiger partial charge in [-0.2, -0.15) is 42.1 Å². The summed E-state index contributed by atoms with van der Waals surface area (Å²) in [6.07, 6.45) is 0. The van der Waals surface area contributed by atoms with Crippen LogP contribution in [0.25, 0.3) is 21.5 Å². The van der Waals surface area contributed by atoms with E-state index in [0.717, 1.165) is 30.3 Å². The van der Waals surface area contributed by atoms with E-state index >= 15 is 0 Å². The molecule has 18 N–H and O–H groups in total. The third kappa shape index (κ3) is 10.5. The number of rotatable bonds is 5. The highest BCUT2D eigenvalue weighted by Gasteiger charge is 2.26. The zero-order valence-corrected chi connectivity index (χ0v) is 32.1. The van der Waals surface area contributed by atoms with E-state index in [4.69, 9.17) is 57.2 Å². The third-order valence-corrected chi connectivity index (χ3v) is 11.4. The monoisotopic (exact) mass is 870 g/mol. The number of phenolic OH excluding ortho intramolecular Hbond substituents is 1. The lowest BCUT2D eigenvalue weighted by Crippen LogP contribution is -2.08. The molecule has 0 aliphatic rings. The van der Waals surface area contributed by atoms with E-state index in [9.17, 15) is 47.2 Å². The quantitative estimate of drug-likeness (QED) is 0.0680. The molecule has 0 spiro atoms. The van der Waals surface area contributed by atoms with Gasteiger partial charge >= 0.3 is 0 Å². The molecule has 0 unspecified atom stereocenters. The minimum atomic E-state index is -4.79. The molecule has 5 aromatic rings. The van der Waals surface area contributed by atoms with Gasteiger partial charge in [0.2, 0.25) is 0 Å². The van der Waals surface area contributed by atoms with Gasteiger partial charge in [-0.25, -0.2) is 0 Å². The highest BCUT2D eigenvalue weighted by Crippen LogP contribution is 2.43. The molecule has 55 heavy (non-hydrogen) atoms. The highest BCUT2D eigenvalue weighted by atomic mass is 32.2. The van der Waals surface area contributed by atoms with Crippen LogP contribution in [0.2, 0.25) is 0 Å². The van der Waals surface area contributed by atoms with Crippen molar-refractivity contribution >= 4 is 106 Å². The van der Waals surface area contributed by atoms with Gasteiger partial charge in [0.1, 0.15) is 30.2 Å². The summed E-state index contributed by atoms with van der Waals surface area (Å²) in [5, 5.41) is 9.40. The molecule has 0 aliphatic carbocycles. The normalized spacial score (nSPS) is 12.1. The molecule has 5 rings (SSSR count). The average molecular weight is 871 g/mol. The molecule has 22 nitrogen and oxygen atoms in total. The van der Waals surface area contributed by atoms with Gasteiger partial charge in [-0.3, -0.25) is 22.8 Å². The molecule has 0 aromatic heterocycles. The van der Waals surface area contributed by atoms with E-state index in [-0.39, 0.29) is 37.8 Å². The maximum Gasteiger partial charge on any atom is 0.297 e. The van der Waals surface area contributed by atoms with Crippen molar-refractivity contribution in [3.63, 3.8) is 0 Å². The lowest BCUT2D eigenvalue weighted by molar-refractivity contribution is 0.473. The van der Waals surface area contributed by atoms with Crippen LogP contribution >= 0.6 is 0 Å². The van der Waals surface area contributed by atoms with Crippen molar-refractivity contribution in [2.45, 2.75) is 38.3 Å². The van der Waals surface area contributed by atoms with Crippen LogP contribution in [0.1, 0.15) is 13.8 Å². The van der Waals surface area contributed by atoms with Gasteiger partial charge in [-0.1, -0.05) is 32.0 Å². The smallest absolute Gasteiger partial charge is 0.297 e. The van der Waals surface area contributed by atoms with Crippen LogP contribution in [0.15, 0.2) is 85.1 Å². The molecule has 0 saturated heterocycles. The molecule has 0 radical (unpaired) electrons. The minimum absolute atomic E-state index is 0.0492. The van der Waals surface area contributed by atoms with E-state index in [1.54, 1.807) is 0 Å². The Morgan fingerprint density at radius 1 is 0.455 bits per heavy atom. The second-order valence-corrected chi connectivity index (χ2v) is 17.4. The maximum atomic E-state index is 11.3. The van der Waals surface area contributed by atoms with Gasteiger partial charge in [0, 0.05) is 16.5 Å². The standard InChI is InChI=1S/C10H11N3O7S2.C10H9NO6S2.C6H8N2O3S.C2H6/c11-7-4(21(15,16)17)1-3-2-5(22(18,19)20)8(12)10(14)6(3)9(7)13;11-8-5-4-6-7(10(8)19(15,16)17)2-1-3-9(6)18(12,13)14;7-4-1-2-6(5(8)3-4)12(9,10)11;1-2/h1-2,14H,11-13H2,(H,15,16,17)(H,18,19,20);1-5H,11H2,(H,12,13,14)(H,15,16,17);1-3H,7-8H2,(H,9,10,11);1-2H3. The molecule has 0 aliphatic heterocycles. The molecule has 302 valence electrons. The second-order valence-electron chi connectivity index (χ2n) is 10.4. The van der Waals surface area contributed by atoms with E-state index in [0.29, 0.717) is 5.69 Å². The van der Waals surface area contributed by atoms with E-state index in [1.807, 2.05) is 13.8 Å². The van der Waals surface area contributed by atoms with Crippen molar-refractivity contribution < 1.29 is 70.0 Å². The predicted molar refractivity (Wildman–Crippen MR) is 203 cm³/mol. The first-order valence-electron chi connectivity index (χ1n) is 14.4. The second kappa shape index (κ2) is 16.2. The van der Waals surface area contributed by atoms with Gasteiger partial charge in [-0.05, 0) is 47.9 Å². The molecule has 0 atom stereocenters. The first kappa shape index (κ1) is 45.9. The Morgan fingerprint density at radius 2 is 0.927 bits per heavy atom. The Morgan fingerprint density at radius 3 is 1.36 bits per heavy atom. The number of phenols is 1. The fourth-order valence-corrected chi connectivity index (χ4v) is 8.06. The molecule has 0 amide bonds. The fourth-order valence-electron chi connectivity index (χ4n) is 4.62. The van der Waals surface area contributed by atoms with Crippen molar-refractivity contribution in [2.75, 3.05) is 34.4 Å². The Labute approximate surface area is 314 Å². The first-order valence-corrected chi connectivity index (χ1v) is 21.6. The lowest BCUT2D eigenvalue weighted by atomic mass is 10.1. The Bertz CT molecular complexity index is 2810. The number of anilines is 6. The van der Waals surface area contributed by atoms with Crippen LogP contribution in [0, 0.1) is 0 Å². The SMILES string of the molecule is CC.Nc1c(S(=O)(=O)O)cc2cc(S(=O)(=O)O)c(N)c(O)c2c1N.Nc1ccc(S(=O)(=O)O)c(N)c1.Nc1ccc2c(S(=O)(=O)O)cccc2c1S(=O)(=O)O. The first-order chi connectivity index (χ1) is 24.9. The van der Waals surface area contributed by atoms with Gasteiger partial charge in [0.25, 0.3) is 50.6 Å². The summed E-state index contributed by atoms with van der Waals surface area (Å²) in [5.41, 5.74) is 31.0. The summed E-state index contributed by atoms with van der Waals surface area (Å²) < 4.78 is 156. The topological polar surface area (TPSA) is 448 Å². The molecule has 27 heteroatoms. The lowest BCUT2D eigenvalue weighted by Gasteiger charge is -2.14. The summed E-state index contributed by atoms with van der Waals surface area (Å²) in [6, 6.07) is 11.4. The molecule has 0 bridgehead atoms. The molecular formula is C28H34N6O16S5. The highest BCUT2D eigenvalue weighted by molar-refractivity contribution is 7.87. The number of fused-ring (bicyclic) bond motifs is 2. The fraction of sp³-hybridized carbons (Fsp3) is 0.0714. The van der Waals surface area contributed by atoms with E-state index < -0.39 is 93.0 Å². The number of benzene rings is 5. The van der Waals surface area contributed by atoms with Crippen LogP contribution < -0.4 is 34.4 Å². The van der Waals surface area contributed by atoms with Crippen molar-refractivity contribution in [2.24, 2.45) is 0 Å². The number of nitrogens with two attached hydrogens (primary N) is 6. The summed E-state index contributed by atoms with van der Waals surface area (Å²) >= 11 is 0. The Kier molecular flexibility index (Phi) is 13.6. The number of hydrogen-bond donors (Lipinski definition) is 12. The molecule has 0 fully saturated rings. The van der Waals surface area contributed by atoms with E-state index in [1.165, 1.54) is 30.3 Å². The number of aromatic hydroxyl groups is 1. The van der Waals surface area contributed by atoms with E-state index in [2.05, 4.69) is 0 Å². The van der Waals surface area contributed by atoms with Crippen molar-refractivity contribution in [1.29, 1.82) is 0 Å². The van der Waals surface area contributed by atoms with Gasteiger partial charge < -0.3 is 39.5 Å². The summed E-state index contributed by atoms with van der Waals surface area (Å²) in [5.74, 6) is -0.795. The zero-order valence-electron chi connectivity index (χ0n) is 28.0. The third-order valence-electron chi connectivity index (χ3n) is 6.85. The van der Waals surface area contributed by atoms with Crippen molar-refractivity contribution in [3.05, 3.63) is 60.7 Å². The van der Waals surface area contributed by atoms with Crippen LogP contribution in [0.4, 0.5) is 34.1 Å². The zero-order chi connectivity index (χ0) is 42.8. The van der Waals surface area contributed by atoms with Crippen molar-refractivity contribution in [3.8, 4) is 5.75 Å². The number of nitrogen functional groups attached to an aromatic ring is 6. The van der Waals surface area contributed by atoms with Gasteiger partial charge in [0.05, 0.1) is 33.8 Å². The maximum absolute atomic E-state index is 11.3. The van der Waals surface area contributed by atoms with Gasteiger partial charge in [-0.15, -0.1) is 0 Å². The summed E-state index contributed by atoms with van der Waals surface area (Å²) in [7, 11) is -22.9. The molecule has 5 aromatic carbocycles. The van der Waals surface area contributed by atoms with Crippen LogP contribution in [0.5, 0.6) is 5.75 Å². The molecule has 0 saturated carbocycles. The number of hydrogen-bond acceptors (Lipinski definition) is 17. The predicted octanol–water partition coefficient (Wildman–Crippen LogP) is 1.82. The molecular weight excluding hydrogens is 837 g/mol. The minimum Gasteiger partial charge on any atom is -0.505 e. The van der Waals surface area contributed by atoms with Crippen molar-refractivity contribution in [1.82, 2.24) is 0 Å². The molecule has 0 heterocycles. The largest absolute Gasteiger partial charge is 0.505 e. The van der Waals surface area contributed by atoms with Crippen LogP contribution in [-0.2, 0) is 50.6 Å². The Balaban J connectivity index is 0.000000289. The summed E-state index contributed by atoms with van der Waals surface area (Å²) in [6.45, 7) is 4.00. The van der Waals surface area contributed by atoms with Crippen LogP contribution in [0.3, 0.4) is 0 Å². The average Bonchev–Trinajstić information content (AvgIpc) is 3.02. The van der Waals surface area contributed by atoms with Crippen LogP contribution in [-0.4, -0.2) is 70.0 Å².